The molecular weight excluding hydrogens is 294 g/mol. The molecule has 114 valence electrons. The molecule has 5 nitrogen and oxygen atoms in total. The minimum atomic E-state index is 0.762. The molecule has 0 spiro atoms. The zero-order chi connectivity index (χ0) is 15.2. The Kier molecular flexibility index (Phi) is 4.80. The molecule has 3 aromatic rings. The molecule has 22 heavy (non-hydrogen) atoms. The summed E-state index contributed by atoms with van der Waals surface area (Å²) in [5, 5.41) is 4.24. The van der Waals surface area contributed by atoms with Crippen molar-refractivity contribution in [2.45, 2.75) is 32.9 Å². The van der Waals surface area contributed by atoms with Crippen LogP contribution in [0.2, 0.25) is 0 Å². The van der Waals surface area contributed by atoms with Crippen molar-refractivity contribution in [3.05, 3.63) is 59.9 Å². The van der Waals surface area contributed by atoms with Gasteiger partial charge in [-0.2, -0.15) is 4.37 Å². The SMILES string of the molecule is CCCc1nsc(NCc2cccc(Cn3ccnc3)c2)n1. The first-order valence-electron chi connectivity index (χ1n) is 7.43. The summed E-state index contributed by atoms with van der Waals surface area (Å²) in [5.74, 6) is 0.934. The molecule has 0 fully saturated rings. The largest absolute Gasteiger partial charge is 0.356 e. The van der Waals surface area contributed by atoms with Gasteiger partial charge in [0.15, 0.2) is 0 Å². The summed E-state index contributed by atoms with van der Waals surface area (Å²) in [4.78, 5) is 8.55. The Bertz CT molecular complexity index is 705. The average molecular weight is 313 g/mol. The van der Waals surface area contributed by atoms with Crippen LogP contribution in [0.5, 0.6) is 0 Å². The molecule has 0 aliphatic carbocycles. The first kappa shape index (κ1) is 14.7. The molecule has 6 heteroatoms. The molecule has 0 atom stereocenters. The quantitative estimate of drug-likeness (QED) is 0.727. The Morgan fingerprint density at radius 2 is 2.18 bits per heavy atom. The van der Waals surface area contributed by atoms with E-state index in [-0.39, 0.29) is 0 Å². The van der Waals surface area contributed by atoms with Crippen molar-refractivity contribution < 1.29 is 0 Å². The highest BCUT2D eigenvalue weighted by atomic mass is 32.1. The Morgan fingerprint density at radius 3 is 3.00 bits per heavy atom. The molecule has 0 unspecified atom stereocenters. The molecular formula is C16H19N5S. The lowest BCUT2D eigenvalue weighted by atomic mass is 10.1. The lowest BCUT2D eigenvalue weighted by Gasteiger charge is -2.06. The van der Waals surface area contributed by atoms with E-state index in [1.807, 2.05) is 12.5 Å². The third-order valence-electron chi connectivity index (χ3n) is 3.30. The van der Waals surface area contributed by atoms with Gasteiger partial charge < -0.3 is 9.88 Å². The molecule has 0 amide bonds. The second kappa shape index (κ2) is 7.17. The number of aryl methyl sites for hydroxylation is 1. The van der Waals surface area contributed by atoms with Crippen LogP contribution in [0.15, 0.2) is 43.0 Å². The maximum absolute atomic E-state index is 4.48. The Hall–Kier alpha value is -2.21. The van der Waals surface area contributed by atoms with Crippen molar-refractivity contribution in [2.75, 3.05) is 5.32 Å². The minimum Gasteiger partial charge on any atom is -0.356 e. The predicted molar refractivity (Wildman–Crippen MR) is 89.0 cm³/mol. The summed E-state index contributed by atoms with van der Waals surface area (Å²) < 4.78 is 6.41. The van der Waals surface area contributed by atoms with Gasteiger partial charge in [-0.3, -0.25) is 0 Å². The molecule has 0 aliphatic heterocycles. The van der Waals surface area contributed by atoms with Crippen LogP contribution in [0.4, 0.5) is 5.13 Å². The van der Waals surface area contributed by atoms with Gasteiger partial charge in [-0.05, 0) is 17.5 Å². The number of benzene rings is 1. The molecule has 0 radical (unpaired) electrons. The van der Waals surface area contributed by atoms with Gasteiger partial charge in [0.25, 0.3) is 0 Å². The van der Waals surface area contributed by atoms with Crippen LogP contribution in [0.3, 0.4) is 0 Å². The van der Waals surface area contributed by atoms with Gasteiger partial charge in [0, 0.05) is 43.4 Å². The van der Waals surface area contributed by atoms with E-state index in [9.17, 15) is 0 Å². The van der Waals surface area contributed by atoms with Gasteiger partial charge in [0.2, 0.25) is 5.13 Å². The van der Waals surface area contributed by atoms with Crippen molar-refractivity contribution in [3.63, 3.8) is 0 Å². The van der Waals surface area contributed by atoms with Crippen LogP contribution < -0.4 is 5.32 Å². The Morgan fingerprint density at radius 1 is 1.27 bits per heavy atom. The fraction of sp³-hybridized carbons (Fsp3) is 0.312. The first-order valence-corrected chi connectivity index (χ1v) is 8.21. The van der Waals surface area contributed by atoms with Gasteiger partial charge in [-0.25, -0.2) is 9.97 Å². The molecule has 0 saturated carbocycles. The number of anilines is 1. The van der Waals surface area contributed by atoms with Gasteiger partial charge in [-0.15, -0.1) is 0 Å². The lowest BCUT2D eigenvalue weighted by Crippen LogP contribution is -2.01. The number of rotatable bonds is 7. The highest BCUT2D eigenvalue weighted by molar-refractivity contribution is 7.09. The average Bonchev–Trinajstić information content (AvgIpc) is 3.18. The fourth-order valence-electron chi connectivity index (χ4n) is 2.26. The molecule has 0 saturated heterocycles. The molecule has 1 N–H and O–H groups in total. The number of hydrogen-bond donors (Lipinski definition) is 1. The van der Waals surface area contributed by atoms with E-state index in [1.54, 1.807) is 6.20 Å². The van der Waals surface area contributed by atoms with E-state index in [0.29, 0.717) is 0 Å². The lowest BCUT2D eigenvalue weighted by molar-refractivity contribution is 0.796. The number of aromatic nitrogens is 4. The minimum absolute atomic E-state index is 0.762. The van der Waals surface area contributed by atoms with E-state index >= 15 is 0 Å². The van der Waals surface area contributed by atoms with Crippen molar-refractivity contribution in [1.29, 1.82) is 0 Å². The van der Waals surface area contributed by atoms with E-state index < -0.39 is 0 Å². The predicted octanol–water partition coefficient (Wildman–Crippen LogP) is 3.35. The van der Waals surface area contributed by atoms with Crippen molar-refractivity contribution in [1.82, 2.24) is 18.9 Å². The number of nitrogens with zero attached hydrogens (tertiary/aromatic N) is 4. The Labute approximate surface area is 134 Å². The summed E-state index contributed by atoms with van der Waals surface area (Å²) in [6, 6.07) is 8.55. The number of nitrogens with one attached hydrogen (secondary N) is 1. The summed E-state index contributed by atoms with van der Waals surface area (Å²) >= 11 is 1.43. The molecule has 1 aromatic carbocycles. The van der Waals surface area contributed by atoms with Gasteiger partial charge in [0.1, 0.15) is 5.82 Å². The maximum Gasteiger partial charge on any atom is 0.202 e. The van der Waals surface area contributed by atoms with E-state index in [2.05, 4.69) is 55.4 Å². The second-order valence-corrected chi connectivity index (χ2v) is 5.93. The molecule has 0 bridgehead atoms. The second-order valence-electron chi connectivity index (χ2n) is 5.17. The summed E-state index contributed by atoms with van der Waals surface area (Å²) in [7, 11) is 0. The Balaban J connectivity index is 1.60. The van der Waals surface area contributed by atoms with Crippen LogP contribution in [0.25, 0.3) is 0 Å². The van der Waals surface area contributed by atoms with E-state index in [1.165, 1.54) is 22.7 Å². The van der Waals surface area contributed by atoms with Crippen molar-refractivity contribution >= 4 is 16.7 Å². The van der Waals surface area contributed by atoms with E-state index in [4.69, 9.17) is 0 Å². The van der Waals surface area contributed by atoms with Crippen LogP contribution in [0.1, 0.15) is 30.3 Å². The van der Waals surface area contributed by atoms with Gasteiger partial charge >= 0.3 is 0 Å². The summed E-state index contributed by atoms with van der Waals surface area (Å²) in [6.45, 7) is 3.74. The standard InChI is InChI=1S/C16H19N5S/c1-2-4-15-19-16(22-20-15)18-10-13-5-3-6-14(9-13)11-21-8-7-17-12-21/h3,5-9,12H,2,4,10-11H2,1H3,(H,18,19,20). The highest BCUT2D eigenvalue weighted by Gasteiger charge is 2.03. The van der Waals surface area contributed by atoms with Gasteiger partial charge in [-0.1, -0.05) is 31.2 Å². The van der Waals surface area contributed by atoms with Crippen molar-refractivity contribution in [3.8, 4) is 0 Å². The molecule has 2 heterocycles. The molecule has 3 rings (SSSR count). The third kappa shape index (κ3) is 3.92. The van der Waals surface area contributed by atoms with Crippen LogP contribution in [-0.4, -0.2) is 18.9 Å². The van der Waals surface area contributed by atoms with Gasteiger partial charge in [0.05, 0.1) is 6.33 Å². The zero-order valence-electron chi connectivity index (χ0n) is 12.6. The summed E-state index contributed by atoms with van der Waals surface area (Å²) in [6.07, 6.45) is 7.63. The first-order chi connectivity index (χ1) is 10.8. The smallest absolute Gasteiger partial charge is 0.202 e. The van der Waals surface area contributed by atoms with Crippen LogP contribution in [0, 0.1) is 0 Å². The molecule has 2 aromatic heterocycles. The topological polar surface area (TPSA) is 55.6 Å². The van der Waals surface area contributed by atoms with E-state index in [0.717, 1.165) is 36.9 Å². The third-order valence-corrected chi connectivity index (χ3v) is 4.01. The van der Waals surface area contributed by atoms with Crippen LogP contribution in [-0.2, 0) is 19.5 Å². The summed E-state index contributed by atoms with van der Waals surface area (Å²) in [5.41, 5.74) is 2.51. The monoisotopic (exact) mass is 313 g/mol. The van der Waals surface area contributed by atoms with Crippen LogP contribution >= 0.6 is 11.5 Å². The normalized spacial score (nSPS) is 10.8. The number of hydrogen-bond acceptors (Lipinski definition) is 5. The fourth-order valence-corrected chi connectivity index (χ4v) is 2.86. The number of imidazole rings is 1. The molecule has 0 aliphatic rings. The zero-order valence-corrected chi connectivity index (χ0v) is 13.4. The van der Waals surface area contributed by atoms with Crippen molar-refractivity contribution in [2.24, 2.45) is 0 Å². The maximum atomic E-state index is 4.48. The highest BCUT2D eigenvalue weighted by Crippen LogP contribution is 2.14.